The topological polar surface area (TPSA) is 25.8 Å². The second-order valence-electron chi connectivity index (χ2n) is 12.2. The van der Waals surface area contributed by atoms with E-state index in [-0.39, 0.29) is 0 Å². The number of nitrogens with zero attached hydrogens (tertiary/aromatic N) is 2. The molecule has 0 saturated heterocycles. The third kappa shape index (κ3) is 4.11. The van der Waals surface area contributed by atoms with Crippen LogP contribution in [0.25, 0.3) is 42.3 Å². The summed E-state index contributed by atoms with van der Waals surface area (Å²) >= 11 is 1.87. The Morgan fingerprint density at radius 2 is 1.66 bits per heavy atom. The second-order valence-corrected chi connectivity index (χ2v) is 18.3. The molecule has 0 aliphatic heterocycles. The van der Waals surface area contributed by atoms with Crippen LogP contribution in [0.4, 0.5) is 0 Å². The van der Waals surface area contributed by atoms with Crippen LogP contribution in [0.1, 0.15) is 51.0 Å². The molecule has 2 nitrogen and oxygen atoms in total. The van der Waals surface area contributed by atoms with E-state index < -0.39 is 8.07 Å². The molecule has 0 unspecified atom stereocenters. The molecule has 4 heteroatoms. The van der Waals surface area contributed by atoms with Crippen molar-refractivity contribution < 1.29 is 0 Å². The van der Waals surface area contributed by atoms with Crippen molar-refractivity contribution in [2.75, 3.05) is 0 Å². The largest absolute Gasteiger partial charge is 0.235 e. The van der Waals surface area contributed by atoms with Crippen molar-refractivity contribution in [3.05, 3.63) is 66.5 Å². The third-order valence-corrected chi connectivity index (χ3v) is 11.2. The van der Waals surface area contributed by atoms with E-state index in [2.05, 4.69) is 88.1 Å². The molecule has 0 spiro atoms. The molecular weight excluding hydrogens is 461 g/mol. The van der Waals surface area contributed by atoms with Crippen LogP contribution in [0.2, 0.25) is 19.6 Å². The number of fused-ring (bicyclic) bond motifs is 4. The van der Waals surface area contributed by atoms with Crippen LogP contribution in [0, 0.1) is 5.41 Å². The highest BCUT2D eigenvalue weighted by Crippen LogP contribution is 2.44. The fraction of sp³-hybridized carbons (Fsp3) is 0.355. The Morgan fingerprint density at radius 1 is 0.886 bits per heavy atom. The van der Waals surface area contributed by atoms with E-state index in [0.29, 0.717) is 11.3 Å². The van der Waals surface area contributed by atoms with Crippen LogP contribution in [0.3, 0.4) is 0 Å². The Kier molecular flexibility index (Phi) is 5.39. The van der Waals surface area contributed by atoms with E-state index in [1.807, 2.05) is 11.3 Å². The van der Waals surface area contributed by atoms with Gasteiger partial charge in [-0.15, -0.1) is 11.3 Å². The van der Waals surface area contributed by atoms with Crippen molar-refractivity contribution in [3.8, 4) is 11.3 Å². The highest BCUT2D eigenvalue weighted by molar-refractivity contribution is 7.26. The van der Waals surface area contributed by atoms with Gasteiger partial charge >= 0.3 is 0 Å². The molecule has 0 N–H and O–H groups in total. The maximum absolute atomic E-state index is 4.85. The molecule has 0 amide bonds. The maximum atomic E-state index is 4.85. The van der Waals surface area contributed by atoms with Crippen molar-refractivity contribution in [1.82, 2.24) is 9.97 Å². The van der Waals surface area contributed by atoms with E-state index >= 15 is 0 Å². The quantitative estimate of drug-likeness (QED) is 0.234. The Balaban J connectivity index is 1.49. The summed E-state index contributed by atoms with van der Waals surface area (Å²) in [5.41, 5.74) is 5.38. The molecule has 3 aromatic carbocycles. The lowest BCUT2D eigenvalue weighted by atomic mass is 9.71. The molecule has 0 atom stereocenters. The summed E-state index contributed by atoms with van der Waals surface area (Å²) in [4.78, 5) is 9.60. The molecule has 178 valence electrons. The zero-order chi connectivity index (χ0) is 24.4. The van der Waals surface area contributed by atoms with Crippen LogP contribution in [-0.4, -0.2) is 18.0 Å². The minimum atomic E-state index is -1.54. The van der Waals surface area contributed by atoms with Crippen LogP contribution in [0.5, 0.6) is 0 Å². The van der Waals surface area contributed by atoms with Gasteiger partial charge in [0.25, 0.3) is 0 Å². The van der Waals surface area contributed by atoms with Gasteiger partial charge in [-0.05, 0) is 65.5 Å². The Hall–Kier alpha value is -2.56. The first-order valence-corrected chi connectivity index (χ1v) is 17.2. The van der Waals surface area contributed by atoms with Crippen molar-refractivity contribution in [3.63, 3.8) is 0 Å². The van der Waals surface area contributed by atoms with Crippen molar-refractivity contribution in [2.24, 2.45) is 5.41 Å². The van der Waals surface area contributed by atoms with Gasteiger partial charge in [0.2, 0.25) is 0 Å². The lowest BCUT2D eigenvalue weighted by Gasteiger charge is -2.34. The minimum Gasteiger partial charge on any atom is -0.235 e. The fourth-order valence-electron chi connectivity index (χ4n) is 5.85. The van der Waals surface area contributed by atoms with Gasteiger partial charge in [0.1, 0.15) is 6.33 Å². The monoisotopic (exact) mass is 494 g/mol. The number of thiophene rings is 1. The normalized spacial score (nSPS) is 16.9. The number of benzene rings is 3. The van der Waals surface area contributed by atoms with Crippen molar-refractivity contribution in [2.45, 2.75) is 65.1 Å². The summed E-state index contributed by atoms with van der Waals surface area (Å²) in [5.74, 6) is 0.683. The first-order chi connectivity index (χ1) is 16.7. The molecule has 1 aliphatic rings. The number of aromatic nitrogens is 2. The van der Waals surface area contributed by atoms with Crippen LogP contribution in [0.15, 0.2) is 60.9 Å². The molecule has 2 aromatic heterocycles. The highest BCUT2D eigenvalue weighted by atomic mass is 32.1. The summed E-state index contributed by atoms with van der Waals surface area (Å²) in [6.07, 6.45) is 6.98. The van der Waals surface area contributed by atoms with Gasteiger partial charge in [-0.3, -0.25) is 0 Å². The molecule has 5 aromatic rings. The van der Waals surface area contributed by atoms with Gasteiger partial charge < -0.3 is 0 Å². The van der Waals surface area contributed by atoms with Gasteiger partial charge in [0, 0.05) is 15.6 Å². The average Bonchev–Trinajstić information content (AvgIpc) is 3.20. The van der Waals surface area contributed by atoms with Gasteiger partial charge in [0.05, 0.1) is 24.0 Å². The van der Waals surface area contributed by atoms with E-state index in [4.69, 9.17) is 9.97 Å². The van der Waals surface area contributed by atoms with E-state index in [0.717, 1.165) is 11.2 Å². The van der Waals surface area contributed by atoms with Crippen molar-refractivity contribution in [1.29, 1.82) is 0 Å². The number of hydrogen-bond acceptors (Lipinski definition) is 3. The van der Waals surface area contributed by atoms with E-state index in [9.17, 15) is 0 Å². The molecule has 2 heterocycles. The van der Waals surface area contributed by atoms with E-state index in [1.54, 1.807) is 6.33 Å². The lowest BCUT2D eigenvalue weighted by Crippen LogP contribution is -2.38. The number of rotatable bonds is 3. The standard InChI is InChI=1S/C31H34N2SSi/c1-31(2)14-12-20(13-15-31)21-10-11-25-26(17-21)34-30-28(32-19-33-29(25)30)23-16-22-8-6-7-9-24(22)27(18-23)35(3,4)5/h6-11,16-20H,12-15H2,1-5H3. The zero-order valence-corrected chi connectivity index (χ0v) is 23.3. The zero-order valence-electron chi connectivity index (χ0n) is 21.5. The predicted octanol–water partition coefficient (Wildman–Crippen LogP) is 8.89. The minimum absolute atomic E-state index is 0.497. The summed E-state index contributed by atoms with van der Waals surface area (Å²) in [6.45, 7) is 12.1. The van der Waals surface area contributed by atoms with Gasteiger partial charge in [-0.25, -0.2) is 9.97 Å². The molecule has 6 rings (SSSR count). The van der Waals surface area contributed by atoms with Gasteiger partial charge in [-0.1, -0.05) is 81.1 Å². The van der Waals surface area contributed by atoms with Gasteiger partial charge in [-0.2, -0.15) is 0 Å². The van der Waals surface area contributed by atoms with Crippen molar-refractivity contribution >= 4 is 55.7 Å². The summed E-state index contributed by atoms with van der Waals surface area (Å²) < 4.78 is 2.55. The molecule has 1 fully saturated rings. The lowest BCUT2D eigenvalue weighted by molar-refractivity contribution is 0.224. The molecule has 1 saturated carbocycles. The molecule has 0 bridgehead atoms. The fourth-order valence-corrected chi connectivity index (χ4v) is 8.69. The Bertz CT molecular complexity index is 1560. The predicted molar refractivity (Wildman–Crippen MR) is 156 cm³/mol. The number of hydrogen-bond donors (Lipinski definition) is 0. The smallest absolute Gasteiger partial charge is 0.116 e. The molecule has 0 radical (unpaired) electrons. The molecular formula is C31H34N2SSi. The second kappa shape index (κ2) is 8.24. The van der Waals surface area contributed by atoms with Crippen LogP contribution in [-0.2, 0) is 0 Å². The summed E-state index contributed by atoms with van der Waals surface area (Å²) in [5, 5.41) is 5.45. The Labute approximate surface area is 213 Å². The van der Waals surface area contributed by atoms with Crippen LogP contribution < -0.4 is 5.19 Å². The third-order valence-electron chi connectivity index (χ3n) is 8.03. The molecule has 35 heavy (non-hydrogen) atoms. The first-order valence-electron chi connectivity index (χ1n) is 12.9. The summed E-state index contributed by atoms with van der Waals surface area (Å²) in [6, 6.07) is 20.7. The first kappa shape index (κ1) is 22.9. The van der Waals surface area contributed by atoms with Crippen LogP contribution >= 0.6 is 11.3 Å². The highest BCUT2D eigenvalue weighted by Gasteiger charge is 2.28. The average molecular weight is 495 g/mol. The Morgan fingerprint density at radius 3 is 2.43 bits per heavy atom. The SMILES string of the molecule is CC1(C)CCC(c2ccc3c(c2)sc2c(-c4cc([Si](C)(C)C)c5ccccc5c4)ncnc23)CC1. The maximum Gasteiger partial charge on any atom is 0.116 e. The summed E-state index contributed by atoms with van der Waals surface area (Å²) in [7, 11) is -1.54. The van der Waals surface area contributed by atoms with Gasteiger partial charge in [0.15, 0.2) is 0 Å². The van der Waals surface area contributed by atoms with E-state index in [1.165, 1.54) is 67.6 Å². The molecule has 1 aliphatic carbocycles.